The van der Waals surface area contributed by atoms with Crippen molar-refractivity contribution >= 4 is 33.8 Å². The van der Waals surface area contributed by atoms with E-state index in [1.807, 2.05) is 6.92 Å². The van der Waals surface area contributed by atoms with Crippen LogP contribution in [0.3, 0.4) is 0 Å². The summed E-state index contributed by atoms with van der Waals surface area (Å²) in [7, 11) is 0. The van der Waals surface area contributed by atoms with E-state index in [0.717, 1.165) is 4.47 Å². The Labute approximate surface area is 160 Å². The highest BCUT2D eigenvalue weighted by Gasteiger charge is 2.14. The summed E-state index contributed by atoms with van der Waals surface area (Å²) in [5.74, 6) is -0.493. The SMILES string of the molecule is CCOc1ccc(/C=C(\C#N)C(=O)OCC(=O)c2cccc(Br)c2)cc1. The van der Waals surface area contributed by atoms with Gasteiger partial charge in [-0.1, -0.05) is 40.2 Å². The van der Waals surface area contributed by atoms with Crippen LogP contribution in [0.2, 0.25) is 0 Å². The van der Waals surface area contributed by atoms with E-state index < -0.39 is 12.6 Å². The number of hydrogen-bond donors (Lipinski definition) is 0. The summed E-state index contributed by atoms with van der Waals surface area (Å²) in [5, 5.41) is 9.18. The van der Waals surface area contributed by atoms with Crippen LogP contribution in [0.4, 0.5) is 0 Å². The fourth-order valence-corrected chi connectivity index (χ4v) is 2.48. The van der Waals surface area contributed by atoms with Gasteiger partial charge in [-0.2, -0.15) is 5.26 Å². The van der Waals surface area contributed by atoms with Crippen molar-refractivity contribution in [3.8, 4) is 11.8 Å². The molecule has 0 aliphatic carbocycles. The average Bonchev–Trinajstić information content (AvgIpc) is 2.65. The van der Waals surface area contributed by atoms with Crippen molar-refractivity contribution in [1.82, 2.24) is 0 Å². The van der Waals surface area contributed by atoms with Crippen molar-refractivity contribution in [3.63, 3.8) is 0 Å². The van der Waals surface area contributed by atoms with Gasteiger partial charge in [0.15, 0.2) is 12.4 Å². The van der Waals surface area contributed by atoms with Crippen LogP contribution in [-0.2, 0) is 9.53 Å². The van der Waals surface area contributed by atoms with Crippen molar-refractivity contribution in [3.05, 3.63) is 69.7 Å². The first-order chi connectivity index (χ1) is 12.5. The van der Waals surface area contributed by atoms with Crippen molar-refractivity contribution in [1.29, 1.82) is 5.26 Å². The van der Waals surface area contributed by atoms with Crippen LogP contribution in [-0.4, -0.2) is 25.0 Å². The molecule has 0 unspecified atom stereocenters. The number of Topliss-reactive ketones (excluding diaryl/α,β-unsaturated/α-hetero) is 1. The van der Waals surface area contributed by atoms with Gasteiger partial charge in [-0.15, -0.1) is 0 Å². The second kappa shape index (κ2) is 9.54. The second-order valence-electron chi connectivity index (χ2n) is 5.18. The van der Waals surface area contributed by atoms with E-state index in [0.29, 0.717) is 23.5 Å². The molecule has 0 saturated carbocycles. The van der Waals surface area contributed by atoms with Gasteiger partial charge in [-0.3, -0.25) is 4.79 Å². The number of ketones is 1. The zero-order chi connectivity index (χ0) is 18.9. The van der Waals surface area contributed by atoms with Gasteiger partial charge in [0.2, 0.25) is 0 Å². The molecule has 0 N–H and O–H groups in total. The van der Waals surface area contributed by atoms with E-state index in [2.05, 4.69) is 15.9 Å². The standard InChI is InChI=1S/C20H16BrNO4/c1-2-25-18-8-6-14(7-9-18)10-16(12-22)20(24)26-13-19(23)15-4-3-5-17(21)11-15/h3-11H,2,13H2,1H3/b16-10+. The van der Waals surface area contributed by atoms with Crippen LogP contribution in [0.15, 0.2) is 58.6 Å². The first-order valence-electron chi connectivity index (χ1n) is 7.84. The summed E-state index contributed by atoms with van der Waals surface area (Å²) in [5.41, 5.74) is 0.887. The monoisotopic (exact) mass is 413 g/mol. The van der Waals surface area contributed by atoms with Gasteiger partial charge < -0.3 is 9.47 Å². The van der Waals surface area contributed by atoms with E-state index in [1.165, 1.54) is 6.08 Å². The molecule has 0 fully saturated rings. The first kappa shape index (κ1) is 19.4. The maximum atomic E-state index is 12.1. The van der Waals surface area contributed by atoms with Crippen LogP contribution in [0.5, 0.6) is 5.75 Å². The zero-order valence-corrected chi connectivity index (χ0v) is 15.7. The Hall–Kier alpha value is -2.91. The van der Waals surface area contributed by atoms with Crippen molar-refractivity contribution < 1.29 is 19.1 Å². The Bertz CT molecular complexity index is 866. The maximum Gasteiger partial charge on any atom is 0.349 e. The lowest BCUT2D eigenvalue weighted by Gasteiger charge is -2.05. The molecule has 0 amide bonds. The largest absolute Gasteiger partial charge is 0.494 e. The van der Waals surface area contributed by atoms with Crippen LogP contribution in [0.25, 0.3) is 6.08 Å². The third-order valence-corrected chi connectivity index (χ3v) is 3.82. The minimum Gasteiger partial charge on any atom is -0.494 e. The Morgan fingerprint density at radius 1 is 1.19 bits per heavy atom. The summed E-state index contributed by atoms with van der Waals surface area (Å²) in [6, 6.07) is 15.5. The van der Waals surface area contributed by atoms with E-state index in [4.69, 9.17) is 9.47 Å². The highest BCUT2D eigenvalue weighted by Crippen LogP contribution is 2.15. The molecule has 2 aromatic carbocycles. The molecular weight excluding hydrogens is 398 g/mol. The number of benzene rings is 2. The summed E-state index contributed by atoms with van der Waals surface area (Å²) in [4.78, 5) is 24.1. The number of ether oxygens (including phenoxy) is 2. The molecular formula is C20H16BrNO4. The van der Waals surface area contributed by atoms with Gasteiger partial charge >= 0.3 is 5.97 Å². The second-order valence-corrected chi connectivity index (χ2v) is 6.10. The highest BCUT2D eigenvalue weighted by atomic mass is 79.9. The molecule has 0 atom stereocenters. The molecule has 0 spiro atoms. The number of carbonyl (C=O) groups excluding carboxylic acids is 2. The van der Waals surface area contributed by atoms with Crippen LogP contribution in [0.1, 0.15) is 22.8 Å². The smallest absolute Gasteiger partial charge is 0.349 e. The summed E-state index contributed by atoms with van der Waals surface area (Å²) in [6.07, 6.45) is 1.40. The van der Waals surface area contributed by atoms with Gasteiger partial charge in [0.25, 0.3) is 0 Å². The van der Waals surface area contributed by atoms with E-state index in [9.17, 15) is 14.9 Å². The molecule has 6 heteroatoms. The van der Waals surface area contributed by atoms with Gasteiger partial charge in [0.05, 0.1) is 6.61 Å². The van der Waals surface area contributed by atoms with E-state index in [1.54, 1.807) is 54.6 Å². The highest BCUT2D eigenvalue weighted by molar-refractivity contribution is 9.10. The van der Waals surface area contributed by atoms with Crippen molar-refractivity contribution in [2.75, 3.05) is 13.2 Å². The Morgan fingerprint density at radius 3 is 2.54 bits per heavy atom. The van der Waals surface area contributed by atoms with Crippen LogP contribution >= 0.6 is 15.9 Å². The third kappa shape index (κ3) is 5.57. The molecule has 132 valence electrons. The Morgan fingerprint density at radius 2 is 1.92 bits per heavy atom. The van der Waals surface area contributed by atoms with Gasteiger partial charge in [-0.25, -0.2) is 4.79 Å². The fourth-order valence-electron chi connectivity index (χ4n) is 2.08. The molecule has 26 heavy (non-hydrogen) atoms. The predicted octanol–water partition coefficient (Wildman–Crippen LogP) is 4.18. The topological polar surface area (TPSA) is 76.4 Å². The minimum atomic E-state index is -0.843. The molecule has 5 nitrogen and oxygen atoms in total. The summed E-state index contributed by atoms with van der Waals surface area (Å²) >= 11 is 3.28. The number of esters is 1. The normalized spacial score (nSPS) is 10.7. The van der Waals surface area contributed by atoms with E-state index in [-0.39, 0.29) is 11.4 Å². The molecule has 0 heterocycles. The number of hydrogen-bond acceptors (Lipinski definition) is 5. The fraction of sp³-hybridized carbons (Fsp3) is 0.150. The summed E-state index contributed by atoms with van der Waals surface area (Å²) < 4.78 is 11.1. The molecule has 0 bridgehead atoms. The maximum absolute atomic E-state index is 12.1. The van der Waals surface area contributed by atoms with Crippen LogP contribution in [0, 0.1) is 11.3 Å². The Balaban J connectivity index is 2.01. The first-order valence-corrected chi connectivity index (χ1v) is 8.63. The Kier molecular flexibility index (Phi) is 7.12. The molecule has 0 aliphatic heterocycles. The third-order valence-electron chi connectivity index (χ3n) is 3.32. The van der Waals surface area contributed by atoms with Gasteiger partial charge in [0.1, 0.15) is 17.4 Å². The van der Waals surface area contributed by atoms with E-state index >= 15 is 0 Å². The molecule has 2 rings (SSSR count). The molecule has 0 aromatic heterocycles. The molecule has 0 aliphatic rings. The molecule has 2 aromatic rings. The lowest BCUT2D eigenvalue weighted by atomic mass is 10.1. The quantitative estimate of drug-likeness (QED) is 0.294. The number of nitriles is 1. The van der Waals surface area contributed by atoms with Gasteiger partial charge in [0, 0.05) is 10.0 Å². The summed E-state index contributed by atoms with van der Waals surface area (Å²) in [6.45, 7) is 2.00. The predicted molar refractivity (Wildman–Crippen MR) is 101 cm³/mol. The van der Waals surface area contributed by atoms with Gasteiger partial charge in [-0.05, 0) is 42.8 Å². The average molecular weight is 414 g/mol. The zero-order valence-electron chi connectivity index (χ0n) is 14.1. The number of nitrogens with zero attached hydrogens (tertiary/aromatic N) is 1. The molecule has 0 radical (unpaired) electrons. The van der Waals surface area contributed by atoms with Crippen molar-refractivity contribution in [2.45, 2.75) is 6.92 Å². The lowest BCUT2D eigenvalue weighted by molar-refractivity contribution is -0.137. The van der Waals surface area contributed by atoms with Crippen LogP contribution < -0.4 is 4.74 Å². The number of halogens is 1. The number of carbonyl (C=O) groups is 2. The van der Waals surface area contributed by atoms with Crippen molar-refractivity contribution in [2.24, 2.45) is 0 Å². The number of rotatable bonds is 7. The molecule has 0 saturated heterocycles. The lowest BCUT2D eigenvalue weighted by Crippen LogP contribution is -2.15. The minimum absolute atomic E-state index is 0.184.